The topological polar surface area (TPSA) is 117 Å². The van der Waals surface area contributed by atoms with Crippen molar-refractivity contribution in [2.45, 2.75) is 65.0 Å². The molecule has 1 amide bonds. The molecule has 1 aliphatic heterocycles. The molecule has 1 aromatic rings. The molecule has 0 unspecified atom stereocenters. The van der Waals surface area contributed by atoms with Crippen LogP contribution >= 0.6 is 0 Å². The van der Waals surface area contributed by atoms with E-state index >= 15 is 0 Å². The van der Waals surface area contributed by atoms with Gasteiger partial charge in [-0.2, -0.15) is 5.26 Å². The lowest BCUT2D eigenvalue weighted by atomic mass is 9.91. The van der Waals surface area contributed by atoms with Gasteiger partial charge in [0.05, 0.1) is 11.8 Å². The van der Waals surface area contributed by atoms with E-state index in [2.05, 4.69) is 6.07 Å². The highest BCUT2D eigenvalue weighted by Gasteiger charge is 2.35. The number of aryl methyl sites for hydroxylation is 2. The van der Waals surface area contributed by atoms with Crippen molar-refractivity contribution in [3.8, 4) is 6.07 Å². The fraction of sp³-hybridized carbons (Fsp3) is 0.636. The fourth-order valence-electron chi connectivity index (χ4n) is 3.63. The van der Waals surface area contributed by atoms with Crippen LogP contribution in [-0.4, -0.2) is 55.8 Å². The molecule has 1 heterocycles. The molecule has 0 radical (unpaired) electrons. The Morgan fingerprint density at radius 3 is 2.23 bits per heavy atom. The highest BCUT2D eigenvalue weighted by atomic mass is 32.2. The Hall–Kier alpha value is -2.15. The van der Waals surface area contributed by atoms with Crippen LogP contribution in [0.1, 0.15) is 50.3 Å². The fourth-order valence-corrected chi connectivity index (χ4v) is 5.09. The number of anilines is 1. The zero-order valence-corrected chi connectivity index (χ0v) is 20.2. The number of nitrogens with zero attached hydrogens (tertiary/aromatic N) is 3. The first-order valence-corrected chi connectivity index (χ1v) is 12.0. The van der Waals surface area contributed by atoms with Crippen LogP contribution in [-0.2, 0) is 21.2 Å². The van der Waals surface area contributed by atoms with Crippen molar-refractivity contribution >= 4 is 21.8 Å². The quantitative estimate of drug-likeness (QED) is 0.737. The lowest BCUT2D eigenvalue weighted by Crippen LogP contribution is -2.51. The zero-order valence-electron chi connectivity index (χ0n) is 19.4. The van der Waals surface area contributed by atoms with Crippen molar-refractivity contribution < 1.29 is 17.9 Å². The third kappa shape index (κ3) is 6.42. The minimum Gasteiger partial charge on any atom is -0.443 e. The molecule has 2 N–H and O–H groups in total. The predicted octanol–water partition coefficient (Wildman–Crippen LogP) is 2.86. The van der Waals surface area contributed by atoms with E-state index in [4.69, 9.17) is 15.7 Å². The summed E-state index contributed by atoms with van der Waals surface area (Å²) < 4.78 is 32.5. The molecule has 172 valence electrons. The van der Waals surface area contributed by atoms with E-state index in [1.165, 1.54) is 9.21 Å². The van der Waals surface area contributed by atoms with Crippen LogP contribution < -0.4 is 10.6 Å². The van der Waals surface area contributed by atoms with Gasteiger partial charge in [-0.25, -0.2) is 17.5 Å². The maximum Gasteiger partial charge on any atom is 0.414 e. The summed E-state index contributed by atoms with van der Waals surface area (Å²) in [6, 6.07) is 5.82. The number of sulfonamides is 1. The number of piperidine rings is 1. The lowest BCUT2D eigenvalue weighted by Gasteiger charge is -2.34. The maximum absolute atomic E-state index is 12.8. The van der Waals surface area contributed by atoms with Crippen LogP contribution in [0, 0.1) is 25.2 Å². The van der Waals surface area contributed by atoms with Gasteiger partial charge in [-0.1, -0.05) is 0 Å². The van der Waals surface area contributed by atoms with Crippen LogP contribution in [0.3, 0.4) is 0 Å². The molecule has 9 heteroatoms. The number of carbonyl (C=O) groups is 1. The number of hydrogen-bond acceptors (Lipinski definition) is 6. The Morgan fingerprint density at radius 2 is 1.77 bits per heavy atom. The van der Waals surface area contributed by atoms with Crippen molar-refractivity contribution in [1.82, 2.24) is 4.31 Å². The summed E-state index contributed by atoms with van der Waals surface area (Å²) >= 11 is 0. The number of rotatable bonds is 5. The molecule has 0 saturated carbocycles. The second kappa shape index (κ2) is 9.15. The van der Waals surface area contributed by atoms with Gasteiger partial charge in [0.1, 0.15) is 11.1 Å². The van der Waals surface area contributed by atoms with E-state index < -0.39 is 27.3 Å². The summed E-state index contributed by atoms with van der Waals surface area (Å²) in [6.07, 6.45) is 0.609. The average molecular weight is 451 g/mol. The molecule has 2 rings (SSSR count). The summed E-state index contributed by atoms with van der Waals surface area (Å²) in [5, 5.41) is 9.13. The first kappa shape index (κ1) is 25.1. The van der Waals surface area contributed by atoms with Crippen LogP contribution in [0.2, 0.25) is 0 Å². The molecule has 1 fully saturated rings. The average Bonchev–Trinajstić information content (AvgIpc) is 2.65. The maximum atomic E-state index is 12.8. The molecule has 0 aromatic heterocycles. The molecule has 0 spiro atoms. The predicted molar refractivity (Wildman–Crippen MR) is 121 cm³/mol. The number of nitriles is 1. The van der Waals surface area contributed by atoms with Crippen molar-refractivity contribution in [3.05, 3.63) is 28.8 Å². The first-order chi connectivity index (χ1) is 14.2. The van der Waals surface area contributed by atoms with E-state index in [0.29, 0.717) is 24.9 Å². The number of ether oxygens (including phenoxy) is 1. The van der Waals surface area contributed by atoms with Crippen molar-refractivity contribution in [1.29, 1.82) is 5.26 Å². The Bertz CT molecular complexity index is 945. The van der Waals surface area contributed by atoms with Crippen LogP contribution in [0.25, 0.3) is 0 Å². The number of hydrogen-bond donors (Lipinski definition) is 1. The first-order valence-electron chi connectivity index (χ1n) is 10.4. The molecule has 0 aliphatic carbocycles. The number of benzene rings is 1. The summed E-state index contributed by atoms with van der Waals surface area (Å²) in [4.78, 5) is 13.8. The number of nitrogens with two attached hydrogens (primary N) is 1. The highest BCUT2D eigenvalue weighted by molar-refractivity contribution is 7.89. The molecular weight excluding hydrogens is 416 g/mol. The smallest absolute Gasteiger partial charge is 0.414 e. The summed E-state index contributed by atoms with van der Waals surface area (Å²) in [7, 11) is -1.80. The molecule has 8 nitrogen and oxygen atoms in total. The Kier molecular flexibility index (Phi) is 7.41. The molecule has 1 saturated heterocycles. The van der Waals surface area contributed by atoms with Gasteiger partial charge in [-0.05, 0) is 82.7 Å². The summed E-state index contributed by atoms with van der Waals surface area (Å²) in [5.74, 6) is -0.0138. The second-order valence-electron chi connectivity index (χ2n) is 9.33. The van der Waals surface area contributed by atoms with Crippen molar-refractivity contribution in [2.24, 2.45) is 5.73 Å². The molecule has 0 atom stereocenters. The molecule has 1 aliphatic rings. The largest absolute Gasteiger partial charge is 0.443 e. The van der Waals surface area contributed by atoms with Crippen LogP contribution in [0.4, 0.5) is 10.5 Å². The van der Waals surface area contributed by atoms with Gasteiger partial charge in [0, 0.05) is 25.8 Å². The molecular formula is C22H34N4O4S. The summed E-state index contributed by atoms with van der Waals surface area (Å²) in [5.41, 5.74) is 7.91. The van der Waals surface area contributed by atoms with Gasteiger partial charge in [0.2, 0.25) is 10.0 Å². The normalized spacial score (nSPS) is 17.1. The highest BCUT2D eigenvalue weighted by Crippen LogP contribution is 2.26. The van der Waals surface area contributed by atoms with Gasteiger partial charge >= 0.3 is 6.09 Å². The van der Waals surface area contributed by atoms with E-state index in [1.807, 2.05) is 46.8 Å². The van der Waals surface area contributed by atoms with Gasteiger partial charge in [0.15, 0.2) is 0 Å². The Balaban J connectivity index is 2.09. The lowest BCUT2D eigenvalue weighted by molar-refractivity contribution is 0.0589. The standard InChI is InChI=1S/C22H34N4O4S/c1-16-13-18(25(6)20(27)30-21(3,4)5)14-17(2)19(16)7-12-31(28,29)26-10-8-22(24,15-23)9-11-26/h13-14H,7-12,24H2,1-6H3. The van der Waals surface area contributed by atoms with E-state index in [9.17, 15) is 13.2 Å². The SMILES string of the molecule is Cc1cc(N(C)C(=O)OC(C)(C)C)cc(C)c1CCS(=O)(=O)N1CCC(N)(C#N)CC1. The van der Waals surface area contributed by atoms with Gasteiger partial charge < -0.3 is 10.5 Å². The third-order valence-corrected chi connectivity index (χ3v) is 7.45. The third-order valence-electron chi connectivity index (χ3n) is 5.58. The van der Waals surface area contributed by atoms with E-state index in [1.54, 1.807) is 7.05 Å². The summed E-state index contributed by atoms with van der Waals surface area (Å²) in [6.45, 7) is 9.81. The number of amides is 1. The molecule has 31 heavy (non-hydrogen) atoms. The number of carbonyl (C=O) groups excluding carboxylic acids is 1. The zero-order chi connectivity index (χ0) is 23.6. The van der Waals surface area contributed by atoms with Crippen molar-refractivity contribution in [2.75, 3.05) is 30.8 Å². The van der Waals surface area contributed by atoms with Crippen LogP contribution in [0.15, 0.2) is 12.1 Å². The van der Waals surface area contributed by atoms with Gasteiger partial charge in [-0.3, -0.25) is 4.90 Å². The van der Waals surface area contributed by atoms with E-state index in [-0.39, 0.29) is 18.8 Å². The monoisotopic (exact) mass is 450 g/mol. The Morgan fingerprint density at radius 1 is 1.26 bits per heavy atom. The molecule has 0 bridgehead atoms. The van der Waals surface area contributed by atoms with Gasteiger partial charge in [0.25, 0.3) is 0 Å². The molecule has 1 aromatic carbocycles. The minimum atomic E-state index is -3.45. The van der Waals surface area contributed by atoms with Crippen molar-refractivity contribution in [3.63, 3.8) is 0 Å². The second-order valence-corrected chi connectivity index (χ2v) is 11.4. The van der Waals surface area contributed by atoms with Gasteiger partial charge in [-0.15, -0.1) is 0 Å². The minimum absolute atomic E-state index is 0.0138. The van der Waals surface area contributed by atoms with E-state index in [0.717, 1.165) is 16.7 Å². The Labute approximate surface area is 186 Å². The van der Waals surface area contributed by atoms with Crippen LogP contribution in [0.5, 0.6) is 0 Å².